The van der Waals surface area contributed by atoms with Crippen LogP contribution in [0.2, 0.25) is 0 Å². The van der Waals surface area contributed by atoms with E-state index in [0.29, 0.717) is 41.3 Å². The van der Waals surface area contributed by atoms with Crippen molar-refractivity contribution in [3.05, 3.63) is 66.7 Å². The summed E-state index contributed by atoms with van der Waals surface area (Å²) >= 11 is 1.04. The average molecular weight is 605 g/mol. The van der Waals surface area contributed by atoms with Crippen LogP contribution in [0, 0.1) is 0 Å². The lowest BCUT2D eigenvalue weighted by molar-refractivity contribution is -0.113. The van der Waals surface area contributed by atoms with E-state index in [1.165, 1.54) is 53.9 Å². The van der Waals surface area contributed by atoms with Crippen LogP contribution >= 0.6 is 11.8 Å². The molecular formula is C26H28N4O7S3. The maximum atomic E-state index is 12.9. The number of hydrogen-bond acceptors (Lipinski definition) is 9. The van der Waals surface area contributed by atoms with Crippen molar-refractivity contribution in [2.24, 2.45) is 0 Å². The first-order valence-corrected chi connectivity index (χ1v) is 16.1. The van der Waals surface area contributed by atoms with E-state index in [2.05, 4.69) is 15.0 Å². The number of nitrogens with one attached hydrogen (secondary N) is 2. The van der Waals surface area contributed by atoms with E-state index in [0.717, 1.165) is 11.8 Å². The van der Waals surface area contributed by atoms with Gasteiger partial charge in [0.05, 0.1) is 28.3 Å². The molecule has 0 aliphatic heterocycles. The largest absolute Gasteiger partial charge is 0.495 e. The zero-order chi connectivity index (χ0) is 28.9. The number of thioether (sulfide) groups is 1. The molecule has 0 saturated carbocycles. The van der Waals surface area contributed by atoms with Gasteiger partial charge in [-0.05, 0) is 54.6 Å². The molecule has 0 atom stereocenters. The molecule has 4 rings (SSSR count). The van der Waals surface area contributed by atoms with Gasteiger partial charge in [0.2, 0.25) is 15.9 Å². The Morgan fingerprint density at radius 3 is 2.33 bits per heavy atom. The smallest absolute Gasteiger partial charge is 0.262 e. The summed E-state index contributed by atoms with van der Waals surface area (Å²) in [6.07, 6.45) is 0. The number of fused-ring (bicyclic) bond motifs is 1. The molecule has 0 spiro atoms. The molecular weight excluding hydrogens is 577 g/mol. The van der Waals surface area contributed by atoms with Crippen LogP contribution in [-0.4, -0.2) is 58.0 Å². The zero-order valence-corrected chi connectivity index (χ0v) is 24.4. The van der Waals surface area contributed by atoms with E-state index in [-0.39, 0.29) is 26.7 Å². The van der Waals surface area contributed by atoms with Crippen LogP contribution in [0.25, 0.3) is 11.1 Å². The first kappa shape index (κ1) is 29.4. The fourth-order valence-electron chi connectivity index (χ4n) is 3.79. The molecule has 212 valence electrons. The van der Waals surface area contributed by atoms with Gasteiger partial charge >= 0.3 is 0 Å². The fraction of sp³-hybridized carbons (Fsp3) is 0.231. The van der Waals surface area contributed by atoms with Gasteiger partial charge in [-0.1, -0.05) is 37.7 Å². The Morgan fingerprint density at radius 2 is 1.65 bits per heavy atom. The number of benzene rings is 3. The van der Waals surface area contributed by atoms with Gasteiger partial charge in [-0.25, -0.2) is 21.8 Å². The Labute approximate surface area is 237 Å². The Balaban J connectivity index is 1.39. The Bertz CT molecular complexity index is 1720. The Kier molecular flexibility index (Phi) is 9.03. The minimum atomic E-state index is -3.93. The number of hydrogen-bond donors (Lipinski definition) is 2. The second-order valence-corrected chi connectivity index (χ2v) is 12.9. The van der Waals surface area contributed by atoms with Crippen molar-refractivity contribution in [1.29, 1.82) is 0 Å². The molecule has 0 bridgehead atoms. The first-order valence-electron chi connectivity index (χ1n) is 12.2. The van der Waals surface area contributed by atoms with Crippen LogP contribution in [0.3, 0.4) is 0 Å². The van der Waals surface area contributed by atoms with E-state index < -0.39 is 20.0 Å². The third kappa shape index (κ3) is 6.58. The molecule has 1 heterocycles. The van der Waals surface area contributed by atoms with Gasteiger partial charge in [0, 0.05) is 18.8 Å². The van der Waals surface area contributed by atoms with Crippen LogP contribution < -0.4 is 14.8 Å². The van der Waals surface area contributed by atoms with Gasteiger partial charge in [0.15, 0.2) is 5.58 Å². The number of anilines is 2. The lowest BCUT2D eigenvalue weighted by Gasteiger charge is -2.18. The van der Waals surface area contributed by atoms with Gasteiger partial charge in [-0.15, -0.1) is 0 Å². The zero-order valence-electron chi connectivity index (χ0n) is 21.9. The summed E-state index contributed by atoms with van der Waals surface area (Å²) in [5, 5.41) is 2.90. The highest BCUT2D eigenvalue weighted by Gasteiger charge is 2.22. The van der Waals surface area contributed by atoms with Gasteiger partial charge in [-0.2, -0.15) is 4.31 Å². The molecule has 0 fully saturated rings. The molecule has 14 heteroatoms. The SMILES string of the molecule is CCN(CC)S(=O)(=O)c1ccc(NC(=O)CSc2nc3cc(S(=O)(=O)Nc4ccccc4OC)ccc3o2)cc1. The molecule has 0 aliphatic carbocycles. The second kappa shape index (κ2) is 12.3. The van der Waals surface area contributed by atoms with Gasteiger partial charge in [0.25, 0.3) is 15.2 Å². The lowest BCUT2D eigenvalue weighted by atomic mass is 10.3. The highest BCUT2D eigenvalue weighted by molar-refractivity contribution is 7.99. The first-order chi connectivity index (χ1) is 19.1. The number of rotatable bonds is 12. The summed E-state index contributed by atoms with van der Waals surface area (Å²) in [6, 6.07) is 16.9. The van der Waals surface area contributed by atoms with Crippen LogP contribution in [0.4, 0.5) is 11.4 Å². The Hall–Kier alpha value is -3.59. The summed E-state index contributed by atoms with van der Waals surface area (Å²) in [5.74, 6) is -0.00522. The molecule has 4 aromatic rings. The highest BCUT2D eigenvalue weighted by atomic mass is 32.2. The molecule has 11 nitrogen and oxygen atoms in total. The van der Waals surface area contributed by atoms with Crippen molar-refractivity contribution in [2.45, 2.75) is 28.9 Å². The van der Waals surface area contributed by atoms with Gasteiger partial charge in [-0.3, -0.25) is 9.52 Å². The fourth-order valence-corrected chi connectivity index (χ4v) is 6.98. The number of oxazole rings is 1. The summed E-state index contributed by atoms with van der Waals surface area (Å²) in [7, 11) is -6.07. The number of methoxy groups -OCH3 is 1. The van der Waals surface area contributed by atoms with Crippen molar-refractivity contribution in [3.8, 4) is 5.75 Å². The van der Waals surface area contributed by atoms with E-state index in [9.17, 15) is 21.6 Å². The number of amides is 1. The molecule has 0 radical (unpaired) electrons. The number of carbonyl (C=O) groups excluding carboxylic acids is 1. The second-order valence-electron chi connectivity index (χ2n) is 8.37. The minimum Gasteiger partial charge on any atom is -0.495 e. The highest BCUT2D eigenvalue weighted by Crippen LogP contribution is 2.29. The van der Waals surface area contributed by atoms with Crippen molar-refractivity contribution in [1.82, 2.24) is 9.29 Å². The number of nitrogens with zero attached hydrogens (tertiary/aromatic N) is 2. The van der Waals surface area contributed by atoms with Crippen molar-refractivity contribution < 1.29 is 30.8 Å². The normalized spacial score (nSPS) is 12.0. The molecule has 40 heavy (non-hydrogen) atoms. The molecule has 0 saturated heterocycles. The third-order valence-electron chi connectivity index (χ3n) is 5.81. The molecule has 0 aliphatic rings. The van der Waals surface area contributed by atoms with E-state index in [4.69, 9.17) is 9.15 Å². The standard InChI is InChI=1S/C26H28N4O7S3/c1-4-30(5-2)40(34,35)19-12-10-18(11-13-19)27-25(31)17-38-26-28-22-16-20(14-15-24(22)37-26)39(32,33)29-21-8-6-7-9-23(21)36-3/h6-16,29H,4-5,17H2,1-3H3,(H,27,31). The predicted molar refractivity (Wildman–Crippen MR) is 154 cm³/mol. The molecule has 1 aromatic heterocycles. The van der Waals surface area contributed by atoms with Gasteiger partial charge < -0.3 is 14.5 Å². The Morgan fingerprint density at radius 1 is 0.975 bits per heavy atom. The maximum Gasteiger partial charge on any atom is 0.262 e. The maximum absolute atomic E-state index is 12.9. The summed E-state index contributed by atoms with van der Waals surface area (Å²) in [5.41, 5.74) is 1.42. The number of ether oxygens (including phenoxy) is 1. The summed E-state index contributed by atoms with van der Waals surface area (Å²) < 4.78 is 65.8. The van der Waals surface area contributed by atoms with Gasteiger partial charge in [0.1, 0.15) is 11.3 Å². The number of carbonyl (C=O) groups is 1. The minimum absolute atomic E-state index is 0.0139. The van der Waals surface area contributed by atoms with Crippen molar-refractivity contribution >= 4 is 60.2 Å². The summed E-state index contributed by atoms with van der Waals surface area (Å²) in [4.78, 5) is 16.9. The van der Waals surface area contributed by atoms with E-state index >= 15 is 0 Å². The van der Waals surface area contributed by atoms with Crippen LogP contribution in [-0.2, 0) is 24.8 Å². The number of sulfonamides is 2. The molecule has 0 unspecified atom stereocenters. The number of aromatic nitrogens is 1. The van der Waals surface area contributed by atoms with E-state index in [1.54, 1.807) is 38.1 Å². The monoisotopic (exact) mass is 604 g/mol. The third-order valence-corrected chi connectivity index (χ3v) is 10.1. The lowest BCUT2D eigenvalue weighted by Crippen LogP contribution is -2.30. The molecule has 3 aromatic carbocycles. The van der Waals surface area contributed by atoms with Crippen molar-refractivity contribution in [2.75, 3.05) is 36.0 Å². The van der Waals surface area contributed by atoms with Crippen LogP contribution in [0.15, 0.2) is 86.2 Å². The van der Waals surface area contributed by atoms with E-state index in [1.807, 2.05) is 0 Å². The summed E-state index contributed by atoms with van der Waals surface area (Å²) in [6.45, 7) is 4.26. The molecule has 2 N–H and O–H groups in total. The number of para-hydroxylation sites is 2. The topological polar surface area (TPSA) is 148 Å². The van der Waals surface area contributed by atoms with Crippen molar-refractivity contribution in [3.63, 3.8) is 0 Å². The molecule has 1 amide bonds. The predicted octanol–water partition coefficient (Wildman–Crippen LogP) is 4.40. The van der Waals surface area contributed by atoms with Crippen LogP contribution in [0.5, 0.6) is 5.75 Å². The van der Waals surface area contributed by atoms with Crippen LogP contribution in [0.1, 0.15) is 13.8 Å². The quantitative estimate of drug-likeness (QED) is 0.225. The average Bonchev–Trinajstić information content (AvgIpc) is 3.35.